The lowest BCUT2D eigenvalue weighted by molar-refractivity contribution is -0.121. The van der Waals surface area contributed by atoms with Crippen LogP contribution < -0.4 is 16.0 Å². The zero-order valence-corrected chi connectivity index (χ0v) is 11.1. The summed E-state index contributed by atoms with van der Waals surface area (Å²) >= 11 is 0. The third-order valence-corrected chi connectivity index (χ3v) is 2.45. The number of hydrogen-bond acceptors (Lipinski definition) is 3. The fourth-order valence-corrected chi connectivity index (χ4v) is 1.39. The number of unbranched alkanes of at least 4 members (excludes halogenated alkanes) is 3. The number of hydrogen-bond donors (Lipinski definition) is 3. The van der Waals surface area contributed by atoms with Gasteiger partial charge in [0.15, 0.2) is 0 Å². The molecular formula is C12H25N3O2. The highest BCUT2D eigenvalue weighted by atomic mass is 16.2. The highest BCUT2D eigenvalue weighted by Crippen LogP contribution is 1.97. The van der Waals surface area contributed by atoms with E-state index in [-0.39, 0.29) is 11.9 Å². The monoisotopic (exact) mass is 243 g/mol. The van der Waals surface area contributed by atoms with E-state index in [1.165, 1.54) is 19.3 Å². The maximum Gasteiger partial charge on any atom is 0.321 e. The Morgan fingerprint density at radius 2 is 1.82 bits per heavy atom. The molecule has 3 amide bonds. The first-order valence-corrected chi connectivity index (χ1v) is 6.43. The van der Waals surface area contributed by atoms with Crippen molar-refractivity contribution in [3.63, 3.8) is 0 Å². The van der Waals surface area contributed by atoms with Crippen LogP contribution in [-0.4, -0.2) is 31.1 Å². The molecule has 0 spiro atoms. The smallest absolute Gasteiger partial charge is 0.321 e. The van der Waals surface area contributed by atoms with Crippen LogP contribution in [-0.2, 0) is 4.79 Å². The number of amides is 3. The van der Waals surface area contributed by atoms with E-state index in [4.69, 9.17) is 0 Å². The minimum atomic E-state index is -0.433. The second-order valence-electron chi connectivity index (χ2n) is 4.09. The molecule has 0 aliphatic carbocycles. The van der Waals surface area contributed by atoms with Crippen molar-refractivity contribution in [2.24, 2.45) is 0 Å². The molecule has 0 fully saturated rings. The summed E-state index contributed by atoms with van der Waals surface area (Å²) < 4.78 is 0. The van der Waals surface area contributed by atoms with Crippen molar-refractivity contribution in [2.45, 2.75) is 52.5 Å². The van der Waals surface area contributed by atoms with Gasteiger partial charge in [-0.25, -0.2) is 4.79 Å². The Labute approximate surface area is 104 Å². The van der Waals surface area contributed by atoms with Gasteiger partial charge in [0.1, 0.15) is 0 Å². The summed E-state index contributed by atoms with van der Waals surface area (Å²) in [5.41, 5.74) is 0. The molecule has 1 atom stereocenters. The Hall–Kier alpha value is -1.10. The molecule has 0 bridgehead atoms. The third kappa shape index (κ3) is 8.68. The summed E-state index contributed by atoms with van der Waals surface area (Å²) in [5, 5.41) is 7.89. The summed E-state index contributed by atoms with van der Waals surface area (Å²) in [5.74, 6) is -0.286. The standard InChI is InChI=1S/C12H25N3O2/c1-4-6-7-8-9-14-10(3)11(16)15-12(17)13-5-2/h10,14H,4-9H2,1-3H3,(H2,13,15,16,17). The van der Waals surface area contributed by atoms with Crippen LogP contribution in [0.25, 0.3) is 0 Å². The first-order chi connectivity index (χ1) is 8.11. The quantitative estimate of drug-likeness (QED) is 0.564. The van der Waals surface area contributed by atoms with Gasteiger partial charge in [0.2, 0.25) is 5.91 Å². The van der Waals surface area contributed by atoms with E-state index < -0.39 is 6.03 Å². The molecule has 0 saturated carbocycles. The maximum atomic E-state index is 11.5. The molecule has 0 aliphatic heterocycles. The zero-order valence-electron chi connectivity index (χ0n) is 11.1. The molecule has 3 N–H and O–H groups in total. The summed E-state index contributed by atoms with van der Waals surface area (Å²) in [6.07, 6.45) is 4.66. The number of rotatable bonds is 8. The lowest BCUT2D eigenvalue weighted by Gasteiger charge is -2.13. The molecule has 1 unspecified atom stereocenters. The number of carbonyl (C=O) groups is 2. The van der Waals surface area contributed by atoms with Crippen molar-refractivity contribution >= 4 is 11.9 Å². The summed E-state index contributed by atoms with van der Waals surface area (Å²) in [6.45, 7) is 7.05. The molecule has 0 heterocycles. The Morgan fingerprint density at radius 1 is 1.12 bits per heavy atom. The van der Waals surface area contributed by atoms with Crippen molar-refractivity contribution in [1.82, 2.24) is 16.0 Å². The van der Waals surface area contributed by atoms with Gasteiger partial charge in [-0.3, -0.25) is 10.1 Å². The topological polar surface area (TPSA) is 70.2 Å². The number of nitrogens with one attached hydrogen (secondary N) is 3. The van der Waals surface area contributed by atoms with E-state index in [1.807, 2.05) is 0 Å². The predicted octanol–water partition coefficient (Wildman–Crippen LogP) is 1.39. The third-order valence-electron chi connectivity index (χ3n) is 2.45. The van der Waals surface area contributed by atoms with Gasteiger partial charge >= 0.3 is 6.03 Å². The molecular weight excluding hydrogens is 218 g/mol. The molecule has 0 aromatic heterocycles. The highest BCUT2D eigenvalue weighted by molar-refractivity contribution is 5.96. The molecule has 17 heavy (non-hydrogen) atoms. The van der Waals surface area contributed by atoms with Gasteiger partial charge in [0.25, 0.3) is 0 Å². The van der Waals surface area contributed by atoms with Gasteiger partial charge in [-0.1, -0.05) is 26.2 Å². The van der Waals surface area contributed by atoms with E-state index in [0.29, 0.717) is 6.54 Å². The molecule has 100 valence electrons. The van der Waals surface area contributed by atoms with Crippen molar-refractivity contribution in [1.29, 1.82) is 0 Å². The van der Waals surface area contributed by atoms with Crippen LogP contribution in [0, 0.1) is 0 Å². The van der Waals surface area contributed by atoms with Crippen molar-refractivity contribution in [2.75, 3.05) is 13.1 Å². The van der Waals surface area contributed by atoms with Crippen molar-refractivity contribution < 1.29 is 9.59 Å². The Balaban J connectivity index is 3.63. The molecule has 0 rings (SSSR count). The minimum Gasteiger partial charge on any atom is -0.338 e. The van der Waals surface area contributed by atoms with Crippen molar-refractivity contribution in [3.05, 3.63) is 0 Å². The molecule has 0 aromatic rings. The Bertz CT molecular complexity index is 232. The average molecular weight is 243 g/mol. The van der Waals surface area contributed by atoms with Crippen molar-refractivity contribution in [3.8, 4) is 0 Å². The van der Waals surface area contributed by atoms with E-state index in [9.17, 15) is 9.59 Å². The van der Waals surface area contributed by atoms with Crippen LogP contribution in [0.3, 0.4) is 0 Å². The van der Waals surface area contributed by atoms with Gasteiger partial charge in [-0.05, 0) is 26.8 Å². The fraction of sp³-hybridized carbons (Fsp3) is 0.833. The second kappa shape index (κ2) is 10.1. The maximum absolute atomic E-state index is 11.5. The highest BCUT2D eigenvalue weighted by Gasteiger charge is 2.13. The normalized spacial score (nSPS) is 11.9. The molecule has 0 aliphatic rings. The number of imide groups is 1. The van der Waals surface area contributed by atoms with E-state index in [1.54, 1.807) is 13.8 Å². The zero-order chi connectivity index (χ0) is 13.1. The van der Waals surface area contributed by atoms with E-state index >= 15 is 0 Å². The van der Waals surface area contributed by atoms with Crippen LogP contribution in [0.1, 0.15) is 46.5 Å². The predicted molar refractivity (Wildman–Crippen MR) is 68.8 cm³/mol. The van der Waals surface area contributed by atoms with E-state index in [0.717, 1.165) is 13.0 Å². The van der Waals surface area contributed by atoms with Crippen LogP contribution in [0.15, 0.2) is 0 Å². The van der Waals surface area contributed by atoms with Gasteiger partial charge in [-0.15, -0.1) is 0 Å². The van der Waals surface area contributed by atoms with Crippen LogP contribution in [0.2, 0.25) is 0 Å². The van der Waals surface area contributed by atoms with Gasteiger partial charge in [0.05, 0.1) is 6.04 Å². The van der Waals surface area contributed by atoms with Gasteiger partial charge < -0.3 is 10.6 Å². The fourth-order valence-electron chi connectivity index (χ4n) is 1.39. The second-order valence-corrected chi connectivity index (χ2v) is 4.09. The lowest BCUT2D eigenvalue weighted by Crippen LogP contribution is -2.48. The summed E-state index contributed by atoms with van der Waals surface area (Å²) in [4.78, 5) is 22.6. The summed E-state index contributed by atoms with van der Waals surface area (Å²) in [7, 11) is 0. The first kappa shape index (κ1) is 15.9. The Morgan fingerprint density at radius 3 is 2.41 bits per heavy atom. The molecule has 0 saturated heterocycles. The van der Waals surface area contributed by atoms with Gasteiger partial charge in [0, 0.05) is 6.54 Å². The number of carbonyl (C=O) groups excluding carboxylic acids is 2. The average Bonchev–Trinajstić information content (AvgIpc) is 2.28. The number of urea groups is 1. The molecule has 5 nitrogen and oxygen atoms in total. The van der Waals surface area contributed by atoms with Gasteiger partial charge in [-0.2, -0.15) is 0 Å². The molecule has 0 radical (unpaired) electrons. The minimum absolute atomic E-state index is 0.286. The van der Waals surface area contributed by atoms with E-state index in [2.05, 4.69) is 22.9 Å². The van der Waals surface area contributed by atoms with Crippen LogP contribution in [0.4, 0.5) is 4.79 Å². The molecule has 5 heteroatoms. The van der Waals surface area contributed by atoms with Crippen LogP contribution in [0.5, 0.6) is 0 Å². The SMILES string of the molecule is CCCCCCNC(C)C(=O)NC(=O)NCC. The Kier molecular flexibility index (Phi) is 9.43. The summed E-state index contributed by atoms with van der Waals surface area (Å²) in [6, 6.07) is -0.767. The van der Waals surface area contributed by atoms with Crippen LogP contribution >= 0.6 is 0 Å². The lowest BCUT2D eigenvalue weighted by atomic mass is 10.2. The first-order valence-electron chi connectivity index (χ1n) is 6.43. The molecule has 0 aromatic carbocycles. The largest absolute Gasteiger partial charge is 0.338 e.